The maximum Gasteiger partial charge on any atom is 0.355 e. The highest BCUT2D eigenvalue weighted by atomic mass is 32.1. The van der Waals surface area contributed by atoms with Gasteiger partial charge in [0.25, 0.3) is 0 Å². The van der Waals surface area contributed by atoms with Gasteiger partial charge in [-0.05, 0) is 19.1 Å². The fraction of sp³-hybridized carbons (Fsp3) is 0.200. The number of nitrogens with zero attached hydrogens (tertiary/aromatic N) is 2. The Balaban J connectivity index is 2.45. The Bertz CT molecular complexity index is 487. The van der Waals surface area contributed by atoms with E-state index in [-0.39, 0.29) is 5.97 Å². The van der Waals surface area contributed by atoms with E-state index in [2.05, 4.69) is 9.72 Å². The molecule has 0 saturated heterocycles. The molecule has 2 aromatic heterocycles. The Labute approximate surface area is 91.1 Å². The average Bonchev–Trinajstić information content (AvgIpc) is 2.84. The Morgan fingerprint density at radius 1 is 1.60 bits per heavy atom. The monoisotopic (exact) mass is 222 g/mol. The molecule has 2 aromatic rings. The lowest BCUT2D eigenvalue weighted by Crippen LogP contribution is -2.08. The summed E-state index contributed by atoms with van der Waals surface area (Å²) in [6.45, 7) is 1.92. The number of esters is 1. The average molecular weight is 222 g/mol. The van der Waals surface area contributed by atoms with Crippen LogP contribution in [0.15, 0.2) is 23.7 Å². The van der Waals surface area contributed by atoms with Crippen LogP contribution < -0.4 is 0 Å². The predicted octanol–water partition coefficient (Wildman–Crippen LogP) is 2.03. The summed E-state index contributed by atoms with van der Waals surface area (Å²) >= 11 is 1.49. The van der Waals surface area contributed by atoms with Crippen LogP contribution in [0.3, 0.4) is 0 Å². The summed E-state index contributed by atoms with van der Waals surface area (Å²) in [4.78, 5) is 15.7. The molecule has 0 radical (unpaired) electrons. The van der Waals surface area contributed by atoms with Crippen LogP contribution in [-0.2, 0) is 4.74 Å². The molecule has 0 aliphatic rings. The molecular formula is C10H10N2O2S. The van der Waals surface area contributed by atoms with Crippen molar-refractivity contribution in [1.82, 2.24) is 9.55 Å². The molecule has 0 aromatic carbocycles. The summed E-state index contributed by atoms with van der Waals surface area (Å²) in [5.74, 6) is -0.354. The zero-order valence-corrected chi connectivity index (χ0v) is 9.25. The van der Waals surface area contributed by atoms with Gasteiger partial charge in [0.1, 0.15) is 5.69 Å². The van der Waals surface area contributed by atoms with Crippen molar-refractivity contribution < 1.29 is 9.53 Å². The minimum Gasteiger partial charge on any atom is -0.464 e. The molecule has 0 aliphatic carbocycles. The highest BCUT2D eigenvalue weighted by Crippen LogP contribution is 2.17. The van der Waals surface area contributed by atoms with Gasteiger partial charge in [0.2, 0.25) is 0 Å². The van der Waals surface area contributed by atoms with Gasteiger partial charge in [-0.2, -0.15) is 0 Å². The van der Waals surface area contributed by atoms with Crippen molar-refractivity contribution in [3.05, 3.63) is 35.1 Å². The molecule has 0 N–H and O–H groups in total. The standard InChI is InChI=1S/C10H10N2O2S/c1-7-6-15-10(11-7)12-5-3-4-8(12)9(13)14-2/h3-6H,1-2H3. The second kappa shape index (κ2) is 3.86. The van der Waals surface area contributed by atoms with E-state index in [4.69, 9.17) is 0 Å². The van der Waals surface area contributed by atoms with Crippen molar-refractivity contribution in [2.75, 3.05) is 7.11 Å². The van der Waals surface area contributed by atoms with E-state index in [1.807, 2.05) is 12.3 Å². The number of aromatic nitrogens is 2. The first-order chi connectivity index (χ1) is 7.22. The topological polar surface area (TPSA) is 44.1 Å². The van der Waals surface area contributed by atoms with Crippen molar-refractivity contribution in [2.45, 2.75) is 6.92 Å². The quantitative estimate of drug-likeness (QED) is 0.730. The molecule has 0 fully saturated rings. The smallest absolute Gasteiger partial charge is 0.355 e. The third-order valence-electron chi connectivity index (χ3n) is 1.96. The number of ether oxygens (including phenoxy) is 1. The number of hydrogen-bond donors (Lipinski definition) is 0. The predicted molar refractivity (Wildman–Crippen MR) is 57.5 cm³/mol. The van der Waals surface area contributed by atoms with Gasteiger partial charge in [0.15, 0.2) is 5.13 Å². The first kappa shape index (κ1) is 9.92. The minimum atomic E-state index is -0.354. The van der Waals surface area contributed by atoms with E-state index in [1.165, 1.54) is 18.4 Å². The van der Waals surface area contributed by atoms with Gasteiger partial charge in [-0.25, -0.2) is 9.78 Å². The zero-order valence-electron chi connectivity index (χ0n) is 8.43. The summed E-state index contributed by atoms with van der Waals surface area (Å²) in [5.41, 5.74) is 1.44. The third kappa shape index (κ3) is 1.78. The van der Waals surface area contributed by atoms with E-state index < -0.39 is 0 Å². The van der Waals surface area contributed by atoms with Crippen LogP contribution in [0.25, 0.3) is 5.13 Å². The van der Waals surface area contributed by atoms with Crippen LogP contribution >= 0.6 is 11.3 Å². The minimum absolute atomic E-state index is 0.354. The van der Waals surface area contributed by atoms with Crippen molar-refractivity contribution in [1.29, 1.82) is 0 Å². The lowest BCUT2D eigenvalue weighted by Gasteiger charge is -2.02. The van der Waals surface area contributed by atoms with E-state index in [9.17, 15) is 4.79 Å². The molecule has 78 valence electrons. The van der Waals surface area contributed by atoms with E-state index >= 15 is 0 Å². The molecule has 2 rings (SSSR count). The highest BCUT2D eigenvalue weighted by Gasteiger charge is 2.13. The summed E-state index contributed by atoms with van der Waals surface area (Å²) in [6, 6.07) is 3.51. The maximum atomic E-state index is 11.4. The van der Waals surface area contributed by atoms with Gasteiger partial charge >= 0.3 is 5.97 Å². The maximum absolute atomic E-state index is 11.4. The molecule has 0 bridgehead atoms. The molecule has 5 heteroatoms. The van der Waals surface area contributed by atoms with Crippen LogP contribution in [0, 0.1) is 6.92 Å². The van der Waals surface area contributed by atoms with E-state index in [0.29, 0.717) is 5.69 Å². The first-order valence-corrected chi connectivity index (χ1v) is 5.28. The fourth-order valence-electron chi connectivity index (χ4n) is 1.27. The lowest BCUT2D eigenvalue weighted by molar-refractivity contribution is 0.0591. The second-order valence-corrected chi connectivity index (χ2v) is 3.86. The number of carbonyl (C=O) groups is 1. The largest absolute Gasteiger partial charge is 0.464 e. The number of methoxy groups -OCH3 is 1. The van der Waals surface area contributed by atoms with E-state index in [1.54, 1.807) is 22.9 Å². The lowest BCUT2D eigenvalue weighted by atomic mass is 10.4. The second-order valence-electron chi connectivity index (χ2n) is 3.03. The summed E-state index contributed by atoms with van der Waals surface area (Å²) in [6.07, 6.45) is 1.80. The van der Waals surface area contributed by atoms with Crippen molar-refractivity contribution in [3.8, 4) is 5.13 Å². The summed E-state index contributed by atoms with van der Waals surface area (Å²) < 4.78 is 6.41. The molecule has 4 nitrogen and oxygen atoms in total. The van der Waals surface area contributed by atoms with Gasteiger partial charge in [-0.3, -0.25) is 4.57 Å². The molecule has 2 heterocycles. The third-order valence-corrected chi connectivity index (χ3v) is 2.91. The summed E-state index contributed by atoms with van der Waals surface area (Å²) in [5, 5.41) is 2.72. The molecule has 0 aliphatic heterocycles. The number of thiazole rings is 1. The number of hydrogen-bond acceptors (Lipinski definition) is 4. The SMILES string of the molecule is COC(=O)c1cccn1-c1nc(C)cs1. The van der Waals surface area contributed by atoms with Gasteiger partial charge in [-0.15, -0.1) is 11.3 Å². The van der Waals surface area contributed by atoms with E-state index in [0.717, 1.165) is 10.8 Å². The van der Waals surface area contributed by atoms with Gasteiger partial charge in [-0.1, -0.05) is 0 Å². The van der Waals surface area contributed by atoms with Crippen LogP contribution in [0.1, 0.15) is 16.2 Å². The fourth-order valence-corrected chi connectivity index (χ4v) is 2.07. The highest BCUT2D eigenvalue weighted by molar-refractivity contribution is 7.12. The number of aryl methyl sites for hydroxylation is 1. The molecule has 15 heavy (non-hydrogen) atoms. The Hall–Kier alpha value is -1.62. The van der Waals surface area contributed by atoms with Crippen molar-refractivity contribution in [2.24, 2.45) is 0 Å². The van der Waals surface area contributed by atoms with Crippen molar-refractivity contribution >= 4 is 17.3 Å². The normalized spacial score (nSPS) is 10.3. The molecule has 0 unspecified atom stereocenters. The number of carbonyl (C=O) groups excluding carboxylic acids is 1. The van der Waals surface area contributed by atoms with Gasteiger partial charge in [0, 0.05) is 11.6 Å². The summed E-state index contributed by atoms with van der Waals surface area (Å²) in [7, 11) is 1.37. The van der Waals surface area contributed by atoms with Gasteiger partial charge in [0.05, 0.1) is 12.8 Å². The molecular weight excluding hydrogens is 212 g/mol. The van der Waals surface area contributed by atoms with Crippen LogP contribution in [0.4, 0.5) is 0 Å². The first-order valence-electron chi connectivity index (χ1n) is 4.40. The van der Waals surface area contributed by atoms with Crippen molar-refractivity contribution in [3.63, 3.8) is 0 Å². The van der Waals surface area contributed by atoms with Crippen LogP contribution in [0.2, 0.25) is 0 Å². The van der Waals surface area contributed by atoms with Crippen LogP contribution in [-0.4, -0.2) is 22.6 Å². The molecule has 0 amide bonds. The molecule has 0 spiro atoms. The number of rotatable bonds is 2. The Kier molecular flexibility index (Phi) is 2.55. The molecule has 0 saturated carbocycles. The Morgan fingerprint density at radius 3 is 3.00 bits per heavy atom. The Morgan fingerprint density at radius 2 is 2.40 bits per heavy atom. The van der Waals surface area contributed by atoms with Gasteiger partial charge < -0.3 is 4.74 Å². The zero-order chi connectivity index (χ0) is 10.8. The molecule has 0 atom stereocenters. The van der Waals surface area contributed by atoms with Crippen LogP contribution in [0.5, 0.6) is 0 Å².